The van der Waals surface area contributed by atoms with Gasteiger partial charge in [-0.3, -0.25) is 0 Å². The van der Waals surface area contributed by atoms with E-state index in [2.05, 4.69) is 171 Å². The summed E-state index contributed by atoms with van der Waals surface area (Å²) >= 11 is 0. The van der Waals surface area contributed by atoms with Crippen LogP contribution in [0.25, 0.3) is 44.8 Å². The van der Waals surface area contributed by atoms with E-state index in [0.29, 0.717) is 0 Å². The Labute approximate surface area is 375 Å². The van der Waals surface area contributed by atoms with Crippen molar-refractivity contribution in [2.24, 2.45) is 37.8 Å². The van der Waals surface area contributed by atoms with Crippen LogP contribution in [0.2, 0.25) is 0 Å². The van der Waals surface area contributed by atoms with Gasteiger partial charge in [0.15, 0.2) is 12.4 Å². The normalized spacial score (nSPS) is 23.4. The van der Waals surface area contributed by atoms with Gasteiger partial charge in [-0.15, -0.1) is 0 Å². The van der Waals surface area contributed by atoms with Crippen molar-refractivity contribution in [3.8, 4) is 44.8 Å². The number of pyridine rings is 2. The Kier molecular flexibility index (Phi) is 13.1. The maximum atomic E-state index is 9.17. The van der Waals surface area contributed by atoms with Crippen molar-refractivity contribution in [3.63, 3.8) is 0 Å². The van der Waals surface area contributed by atoms with Gasteiger partial charge in [-0.1, -0.05) is 143 Å². The molecule has 0 bridgehead atoms. The highest BCUT2D eigenvalue weighted by atomic mass is 14.9. The maximum Gasteiger partial charge on any atom is 0.212 e. The molecule has 2 unspecified atom stereocenters. The van der Waals surface area contributed by atoms with Gasteiger partial charge in [0.2, 0.25) is 11.4 Å². The molecule has 320 valence electrons. The smallest absolute Gasteiger partial charge is 0.200 e. The number of aryl methyl sites for hydroxylation is 4. The van der Waals surface area contributed by atoms with Gasteiger partial charge in [0.25, 0.3) is 0 Å². The summed E-state index contributed by atoms with van der Waals surface area (Å²) in [6, 6.07) is 44.5. The monoisotopic (exact) mass is 822 g/mol. The number of hydrogen-bond donors (Lipinski definition) is 0. The van der Waals surface area contributed by atoms with Crippen molar-refractivity contribution in [1.29, 1.82) is 0 Å². The lowest BCUT2D eigenvalue weighted by atomic mass is 9.73. The van der Waals surface area contributed by atoms with Crippen LogP contribution in [0.5, 0.6) is 0 Å². The maximum absolute atomic E-state index is 9.17. The number of rotatable bonds is 8. The molecule has 4 aliphatic carbocycles. The Balaban J connectivity index is 0.000000160. The molecule has 10 rings (SSSR count). The standard InChI is InChI=1S/2C30H36N/c1-22-7-3-6-10-29(22)30-20-19-28(21-31(30)2)27-17-15-26(16-18-27)25-13-11-24(12-14-25)23-8-4-5-9-23;1-22-8-6-7-11-29(22)30-19-18-28(21-31(30)2)25-14-12-24(13-15-25)27-17-16-26(20-27)23-9-4-3-5-10-23/h3,6-7,10,15-21,23-25H,4-5,8-9,11-14H2,1-2H3;6-8,11-15,18-19,21,23,26-27H,3-5,9-10,16-17,20H2,1-2H3/q2*+1/i25D;. The topological polar surface area (TPSA) is 7.76 Å². The van der Waals surface area contributed by atoms with Crippen LogP contribution >= 0.6 is 0 Å². The van der Waals surface area contributed by atoms with Gasteiger partial charge < -0.3 is 0 Å². The van der Waals surface area contributed by atoms with Gasteiger partial charge >= 0.3 is 0 Å². The Bertz CT molecular complexity index is 2440. The molecule has 4 fully saturated rings. The summed E-state index contributed by atoms with van der Waals surface area (Å²) in [6.45, 7) is 4.35. The molecule has 0 saturated heterocycles. The summed E-state index contributed by atoms with van der Waals surface area (Å²) in [7, 11) is 4.28. The van der Waals surface area contributed by atoms with Crippen molar-refractivity contribution in [1.82, 2.24) is 0 Å². The largest absolute Gasteiger partial charge is 0.212 e. The predicted octanol–water partition coefficient (Wildman–Crippen LogP) is 15.2. The molecule has 2 atom stereocenters. The number of aromatic nitrogens is 2. The Morgan fingerprint density at radius 2 is 0.823 bits per heavy atom. The molecule has 4 aliphatic rings. The highest BCUT2D eigenvalue weighted by Crippen LogP contribution is 2.46. The molecule has 2 heteroatoms. The van der Waals surface area contributed by atoms with E-state index in [-0.39, 0.29) is 0 Å². The van der Waals surface area contributed by atoms with E-state index in [4.69, 9.17) is 0 Å². The second-order valence-electron chi connectivity index (χ2n) is 19.8. The van der Waals surface area contributed by atoms with Crippen molar-refractivity contribution in [3.05, 3.63) is 156 Å². The SMILES string of the molecule is Cc1ccccc1-c1ccc(-c2ccc(C3CCC(C4CCCCC4)C3)cc2)c[n+]1C.[2H]C1(c2ccc(-c3ccc(-c4ccccc4C)[n+](C)c3)cc2)CCC(C2CCCC2)CC1. The summed E-state index contributed by atoms with van der Waals surface area (Å²) in [4.78, 5) is 0. The molecule has 0 aliphatic heterocycles. The Morgan fingerprint density at radius 1 is 0.403 bits per heavy atom. The molecular formula is C60H72N2+2. The molecule has 0 N–H and O–H groups in total. The first-order valence-corrected chi connectivity index (χ1v) is 24.5. The molecule has 4 aromatic carbocycles. The molecule has 0 radical (unpaired) electrons. The summed E-state index contributed by atoms with van der Waals surface area (Å²) in [6.07, 6.45) is 26.4. The van der Waals surface area contributed by atoms with E-state index in [1.54, 1.807) is 5.56 Å². The highest BCUT2D eigenvalue weighted by Gasteiger charge is 2.33. The van der Waals surface area contributed by atoms with Gasteiger partial charge in [-0.2, -0.15) is 0 Å². The van der Waals surface area contributed by atoms with E-state index >= 15 is 0 Å². The summed E-state index contributed by atoms with van der Waals surface area (Å²) in [5.74, 6) is 4.21. The van der Waals surface area contributed by atoms with Crippen LogP contribution in [0, 0.1) is 37.5 Å². The third-order valence-electron chi connectivity index (χ3n) is 15.9. The average molecular weight is 822 g/mol. The predicted molar refractivity (Wildman–Crippen MR) is 260 cm³/mol. The zero-order chi connectivity index (χ0) is 43.3. The van der Waals surface area contributed by atoms with Crippen molar-refractivity contribution >= 4 is 0 Å². The van der Waals surface area contributed by atoms with Crippen LogP contribution in [0.1, 0.15) is 138 Å². The molecule has 0 amide bonds. The third-order valence-corrected chi connectivity index (χ3v) is 15.9. The molecule has 0 spiro atoms. The first kappa shape index (κ1) is 41.2. The second-order valence-corrected chi connectivity index (χ2v) is 19.8. The fourth-order valence-electron chi connectivity index (χ4n) is 12.2. The van der Waals surface area contributed by atoms with Gasteiger partial charge in [0.1, 0.15) is 14.1 Å². The van der Waals surface area contributed by atoms with Crippen LogP contribution in [0.4, 0.5) is 0 Å². The van der Waals surface area contributed by atoms with Crippen molar-refractivity contribution < 1.29 is 10.5 Å². The molecular weight excluding hydrogens is 749 g/mol. The van der Waals surface area contributed by atoms with Gasteiger partial charge in [-0.05, 0) is 152 Å². The van der Waals surface area contributed by atoms with Crippen LogP contribution in [-0.2, 0) is 14.1 Å². The Morgan fingerprint density at radius 3 is 1.32 bits per heavy atom. The zero-order valence-corrected chi connectivity index (χ0v) is 38.3. The van der Waals surface area contributed by atoms with Crippen LogP contribution in [-0.4, -0.2) is 0 Å². The first-order valence-electron chi connectivity index (χ1n) is 25.0. The molecule has 2 heterocycles. The molecule has 2 nitrogen and oxygen atoms in total. The lowest BCUT2D eigenvalue weighted by molar-refractivity contribution is -0.660. The van der Waals surface area contributed by atoms with Crippen LogP contribution in [0.15, 0.2) is 134 Å². The number of hydrogen-bond acceptors (Lipinski definition) is 0. The molecule has 6 aromatic rings. The Hall–Kier alpha value is -4.82. The van der Waals surface area contributed by atoms with E-state index in [0.717, 1.165) is 42.4 Å². The highest BCUT2D eigenvalue weighted by molar-refractivity contribution is 5.68. The fourth-order valence-corrected chi connectivity index (χ4v) is 12.2. The van der Waals surface area contributed by atoms with Gasteiger partial charge in [0, 0.05) is 35.8 Å². The lowest BCUT2D eigenvalue weighted by Crippen LogP contribution is -2.30. The summed E-state index contributed by atoms with van der Waals surface area (Å²) in [5, 5.41) is 0. The first-order chi connectivity index (χ1) is 30.7. The number of benzene rings is 4. The van der Waals surface area contributed by atoms with Gasteiger partial charge in [0.05, 0.1) is 0 Å². The number of nitrogens with zero attached hydrogens (tertiary/aromatic N) is 2. The minimum Gasteiger partial charge on any atom is -0.200 e. The summed E-state index contributed by atoms with van der Waals surface area (Å²) < 4.78 is 13.7. The van der Waals surface area contributed by atoms with Crippen LogP contribution in [0.3, 0.4) is 0 Å². The minimum absolute atomic E-state index is 0.396. The van der Waals surface area contributed by atoms with Gasteiger partial charge in [-0.25, -0.2) is 9.13 Å². The molecule has 2 aromatic heterocycles. The van der Waals surface area contributed by atoms with Crippen molar-refractivity contribution in [2.45, 2.75) is 128 Å². The van der Waals surface area contributed by atoms with Crippen LogP contribution < -0.4 is 9.13 Å². The molecule has 62 heavy (non-hydrogen) atoms. The van der Waals surface area contributed by atoms with Crippen molar-refractivity contribution in [2.75, 3.05) is 0 Å². The minimum atomic E-state index is -0.396. The zero-order valence-electron chi connectivity index (χ0n) is 39.3. The molecule has 4 saturated carbocycles. The summed E-state index contributed by atoms with van der Waals surface area (Å²) in [5.41, 5.74) is 15.5. The second kappa shape index (κ2) is 19.7. The third kappa shape index (κ3) is 9.71. The average Bonchev–Trinajstić information content (AvgIpc) is 4.05. The van der Waals surface area contributed by atoms with E-state index in [9.17, 15) is 1.37 Å². The quantitative estimate of drug-likeness (QED) is 0.135. The van der Waals surface area contributed by atoms with E-state index < -0.39 is 5.89 Å². The lowest BCUT2D eigenvalue weighted by Gasteiger charge is -2.32. The van der Waals surface area contributed by atoms with E-state index in [1.165, 1.54) is 151 Å². The van der Waals surface area contributed by atoms with E-state index in [1.807, 2.05) is 0 Å². The fraction of sp³-hybridized carbons (Fsp3) is 0.433.